The molecule has 0 aliphatic rings. The maximum atomic E-state index is 10.9. The fourth-order valence-electron chi connectivity index (χ4n) is 1.60. The highest BCUT2D eigenvalue weighted by molar-refractivity contribution is 9.10. The van der Waals surface area contributed by atoms with E-state index < -0.39 is 7.60 Å². The first-order chi connectivity index (χ1) is 7.44. The van der Waals surface area contributed by atoms with E-state index in [-0.39, 0.29) is 6.16 Å². The number of hydrogen-bond acceptors (Lipinski definition) is 1. The van der Waals surface area contributed by atoms with Crippen LogP contribution in [0.2, 0.25) is 0 Å². The van der Waals surface area contributed by atoms with E-state index in [0.717, 1.165) is 15.2 Å². The van der Waals surface area contributed by atoms with E-state index in [1.165, 1.54) is 0 Å². The molecule has 2 N–H and O–H groups in total. The number of halogens is 1. The zero-order chi connectivity index (χ0) is 11.8. The van der Waals surface area contributed by atoms with Crippen molar-refractivity contribution in [2.24, 2.45) is 0 Å². The summed E-state index contributed by atoms with van der Waals surface area (Å²) in [7, 11) is -3.98. The fraction of sp³-hybridized carbons (Fsp3) is 0.0909. The molecule has 0 unspecified atom stereocenters. The molecule has 0 atom stereocenters. The van der Waals surface area contributed by atoms with Crippen molar-refractivity contribution in [3.05, 3.63) is 46.4 Å². The molecule has 0 aromatic heterocycles. The van der Waals surface area contributed by atoms with Crippen LogP contribution in [0.25, 0.3) is 10.8 Å². The van der Waals surface area contributed by atoms with Gasteiger partial charge >= 0.3 is 7.60 Å². The number of hydrogen-bond donors (Lipinski definition) is 2. The minimum atomic E-state index is -3.98. The Hall–Kier alpha value is -0.670. The van der Waals surface area contributed by atoms with E-state index in [9.17, 15) is 4.57 Å². The summed E-state index contributed by atoms with van der Waals surface area (Å²) < 4.78 is 11.9. The van der Waals surface area contributed by atoms with Crippen molar-refractivity contribution in [2.45, 2.75) is 6.16 Å². The Kier molecular flexibility index (Phi) is 3.17. The molecule has 0 saturated heterocycles. The quantitative estimate of drug-likeness (QED) is 0.837. The molecule has 0 amide bonds. The SMILES string of the molecule is O=P(O)(O)Cc1ccc2cc(Br)ccc2c1. The minimum Gasteiger partial charge on any atom is -0.324 e. The van der Waals surface area contributed by atoms with Crippen LogP contribution in [0.4, 0.5) is 0 Å². The fourth-order valence-corrected chi connectivity index (χ4v) is 2.65. The van der Waals surface area contributed by atoms with Gasteiger partial charge in [0.2, 0.25) is 0 Å². The minimum absolute atomic E-state index is 0.209. The standard InChI is InChI=1S/C11H10BrO3P/c12-11-4-3-9-5-8(7-16(13,14)15)1-2-10(9)6-11/h1-6H,7H2,(H2,13,14,15). The van der Waals surface area contributed by atoms with Crippen molar-refractivity contribution in [1.82, 2.24) is 0 Å². The second kappa shape index (κ2) is 4.30. The van der Waals surface area contributed by atoms with E-state index in [1.807, 2.05) is 24.3 Å². The highest BCUT2D eigenvalue weighted by Gasteiger charge is 2.13. The normalized spacial score (nSPS) is 11.9. The van der Waals surface area contributed by atoms with Crippen molar-refractivity contribution >= 4 is 34.3 Å². The van der Waals surface area contributed by atoms with Gasteiger partial charge in [0.15, 0.2) is 0 Å². The van der Waals surface area contributed by atoms with Crippen molar-refractivity contribution < 1.29 is 14.4 Å². The van der Waals surface area contributed by atoms with Gasteiger partial charge < -0.3 is 9.79 Å². The highest BCUT2D eigenvalue weighted by atomic mass is 79.9. The van der Waals surface area contributed by atoms with Crippen molar-refractivity contribution in [2.75, 3.05) is 0 Å². The summed E-state index contributed by atoms with van der Waals surface area (Å²) in [6.45, 7) is 0. The van der Waals surface area contributed by atoms with Gasteiger partial charge in [-0.2, -0.15) is 0 Å². The van der Waals surface area contributed by atoms with Gasteiger partial charge in [-0.05, 0) is 28.5 Å². The van der Waals surface area contributed by atoms with Crippen LogP contribution >= 0.6 is 23.5 Å². The van der Waals surface area contributed by atoms with Crippen molar-refractivity contribution in [1.29, 1.82) is 0 Å². The van der Waals surface area contributed by atoms with Crippen LogP contribution in [0, 0.1) is 0 Å². The molecule has 2 aromatic rings. The first-order valence-corrected chi connectivity index (χ1v) is 7.26. The van der Waals surface area contributed by atoms with E-state index in [0.29, 0.717) is 5.56 Å². The Balaban J connectivity index is 2.45. The van der Waals surface area contributed by atoms with Gasteiger partial charge in [0, 0.05) is 4.47 Å². The molecule has 0 spiro atoms. The van der Waals surface area contributed by atoms with Gasteiger partial charge in [-0.3, -0.25) is 4.57 Å². The molecule has 0 saturated carbocycles. The number of rotatable bonds is 2. The van der Waals surface area contributed by atoms with Crippen LogP contribution in [0.3, 0.4) is 0 Å². The van der Waals surface area contributed by atoms with E-state index in [4.69, 9.17) is 9.79 Å². The zero-order valence-corrected chi connectivity index (χ0v) is 10.8. The molecule has 0 fully saturated rings. The predicted molar refractivity (Wildman–Crippen MR) is 67.4 cm³/mol. The molecule has 0 radical (unpaired) electrons. The summed E-state index contributed by atoms with van der Waals surface area (Å²) in [6, 6.07) is 11.2. The third-order valence-electron chi connectivity index (χ3n) is 2.26. The molecule has 16 heavy (non-hydrogen) atoms. The molecule has 2 aromatic carbocycles. The second-order valence-corrected chi connectivity index (χ2v) is 6.21. The largest absolute Gasteiger partial charge is 0.329 e. The summed E-state index contributed by atoms with van der Waals surface area (Å²) >= 11 is 3.38. The lowest BCUT2D eigenvalue weighted by atomic mass is 10.1. The lowest BCUT2D eigenvalue weighted by Gasteiger charge is -2.05. The van der Waals surface area contributed by atoms with Gasteiger partial charge in [0.25, 0.3) is 0 Å². The molecule has 5 heteroatoms. The lowest BCUT2D eigenvalue weighted by molar-refractivity contribution is 0.372. The van der Waals surface area contributed by atoms with E-state index >= 15 is 0 Å². The van der Waals surface area contributed by atoms with Crippen LogP contribution < -0.4 is 0 Å². The van der Waals surface area contributed by atoms with Crippen molar-refractivity contribution in [3.63, 3.8) is 0 Å². The maximum absolute atomic E-state index is 10.9. The molecule has 0 heterocycles. The van der Waals surface area contributed by atoms with Gasteiger partial charge in [0.1, 0.15) is 0 Å². The van der Waals surface area contributed by atoms with Crippen LogP contribution in [0.15, 0.2) is 40.9 Å². The van der Waals surface area contributed by atoms with E-state index in [2.05, 4.69) is 15.9 Å². The third-order valence-corrected chi connectivity index (χ3v) is 3.53. The average Bonchev–Trinajstić information content (AvgIpc) is 2.16. The summed E-state index contributed by atoms with van der Waals surface area (Å²) in [5, 5.41) is 2.03. The van der Waals surface area contributed by atoms with Crippen LogP contribution in [-0.2, 0) is 10.7 Å². The number of fused-ring (bicyclic) bond motifs is 1. The molecular weight excluding hydrogens is 291 g/mol. The summed E-state index contributed by atoms with van der Waals surface area (Å²) in [5.41, 5.74) is 0.656. The Labute approximate surface area is 101 Å². The molecular formula is C11H10BrO3P. The Morgan fingerprint density at radius 1 is 1.06 bits per heavy atom. The molecule has 0 aliphatic carbocycles. The molecule has 0 aliphatic heterocycles. The summed E-state index contributed by atoms with van der Waals surface area (Å²) in [6.07, 6.45) is -0.209. The Bertz CT molecular complexity index is 576. The summed E-state index contributed by atoms with van der Waals surface area (Å²) in [4.78, 5) is 17.8. The highest BCUT2D eigenvalue weighted by Crippen LogP contribution is 2.39. The van der Waals surface area contributed by atoms with Crippen LogP contribution in [0.1, 0.15) is 5.56 Å². The van der Waals surface area contributed by atoms with Crippen molar-refractivity contribution in [3.8, 4) is 0 Å². The monoisotopic (exact) mass is 300 g/mol. The average molecular weight is 301 g/mol. The van der Waals surface area contributed by atoms with Gasteiger partial charge in [-0.25, -0.2) is 0 Å². The lowest BCUT2D eigenvalue weighted by Crippen LogP contribution is -1.86. The van der Waals surface area contributed by atoms with E-state index in [1.54, 1.807) is 12.1 Å². The Morgan fingerprint density at radius 3 is 2.38 bits per heavy atom. The maximum Gasteiger partial charge on any atom is 0.329 e. The predicted octanol–water partition coefficient (Wildman–Crippen LogP) is 3.28. The molecule has 0 bridgehead atoms. The molecule has 3 nitrogen and oxygen atoms in total. The topological polar surface area (TPSA) is 57.5 Å². The van der Waals surface area contributed by atoms with Crippen LogP contribution in [0.5, 0.6) is 0 Å². The van der Waals surface area contributed by atoms with Gasteiger partial charge in [-0.1, -0.05) is 40.2 Å². The smallest absolute Gasteiger partial charge is 0.324 e. The van der Waals surface area contributed by atoms with Crippen LogP contribution in [-0.4, -0.2) is 9.79 Å². The zero-order valence-electron chi connectivity index (χ0n) is 8.30. The first-order valence-electron chi connectivity index (χ1n) is 4.67. The van der Waals surface area contributed by atoms with Gasteiger partial charge in [-0.15, -0.1) is 0 Å². The van der Waals surface area contributed by atoms with Gasteiger partial charge in [0.05, 0.1) is 6.16 Å². The second-order valence-electron chi connectivity index (χ2n) is 3.65. The Morgan fingerprint density at radius 2 is 1.69 bits per heavy atom. The summed E-state index contributed by atoms with van der Waals surface area (Å²) in [5.74, 6) is 0. The first kappa shape index (κ1) is 11.8. The molecule has 2 rings (SSSR count). The molecule has 84 valence electrons. The third kappa shape index (κ3) is 2.92. The number of benzene rings is 2.